The van der Waals surface area contributed by atoms with Gasteiger partial charge in [0, 0.05) is 18.8 Å². The first-order valence-corrected chi connectivity index (χ1v) is 6.58. The topological polar surface area (TPSA) is 47.3 Å². The van der Waals surface area contributed by atoms with Crippen molar-refractivity contribution in [3.63, 3.8) is 0 Å². The number of hydrogen-bond donors (Lipinski definition) is 1. The van der Waals surface area contributed by atoms with Gasteiger partial charge in [-0.3, -0.25) is 4.68 Å². The van der Waals surface area contributed by atoms with E-state index in [1.807, 2.05) is 44.4 Å². The molecule has 4 heteroatoms. The summed E-state index contributed by atoms with van der Waals surface area (Å²) in [5, 5.41) is 14.7. The van der Waals surface area contributed by atoms with Crippen molar-refractivity contribution < 1.29 is 9.84 Å². The van der Waals surface area contributed by atoms with E-state index in [4.69, 9.17) is 4.74 Å². The number of aliphatic hydroxyl groups excluding tert-OH is 1. The lowest BCUT2D eigenvalue weighted by atomic mass is 10.0. The van der Waals surface area contributed by atoms with Gasteiger partial charge in [0.2, 0.25) is 0 Å². The standard InChI is InChI=1S/C15H18N2O2/c1-10-14(9-17(2)16-10)15(18)11-4-3-5-13(8-11)19-12-6-7-12/h3-5,8-9,12,15,18H,6-7H2,1-2H3. The van der Waals surface area contributed by atoms with Crippen molar-refractivity contribution in [1.82, 2.24) is 9.78 Å². The van der Waals surface area contributed by atoms with E-state index in [1.54, 1.807) is 4.68 Å². The molecular formula is C15H18N2O2. The molecule has 1 atom stereocenters. The van der Waals surface area contributed by atoms with Crippen LogP contribution in [0.5, 0.6) is 5.75 Å². The van der Waals surface area contributed by atoms with Crippen LogP contribution >= 0.6 is 0 Å². The average molecular weight is 258 g/mol. The summed E-state index contributed by atoms with van der Waals surface area (Å²) in [4.78, 5) is 0. The van der Waals surface area contributed by atoms with Crippen LogP contribution in [0.1, 0.15) is 35.8 Å². The van der Waals surface area contributed by atoms with Crippen LogP contribution in [-0.2, 0) is 7.05 Å². The first-order valence-electron chi connectivity index (χ1n) is 6.58. The molecule has 4 nitrogen and oxygen atoms in total. The summed E-state index contributed by atoms with van der Waals surface area (Å²) in [5.41, 5.74) is 2.53. The Labute approximate surface area is 112 Å². The van der Waals surface area contributed by atoms with Gasteiger partial charge in [-0.2, -0.15) is 5.10 Å². The van der Waals surface area contributed by atoms with Gasteiger partial charge < -0.3 is 9.84 Å². The quantitative estimate of drug-likeness (QED) is 0.915. The van der Waals surface area contributed by atoms with Gasteiger partial charge in [-0.25, -0.2) is 0 Å². The number of rotatable bonds is 4. The molecule has 1 N–H and O–H groups in total. The van der Waals surface area contributed by atoms with Gasteiger partial charge in [0.1, 0.15) is 11.9 Å². The van der Waals surface area contributed by atoms with Gasteiger partial charge in [0.05, 0.1) is 11.8 Å². The molecule has 19 heavy (non-hydrogen) atoms. The highest BCUT2D eigenvalue weighted by Gasteiger charge is 2.24. The maximum Gasteiger partial charge on any atom is 0.120 e. The van der Waals surface area contributed by atoms with Crippen LogP contribution in [0.4, 0.5) is 0 Å². The van der Waals surface area contributed by atoms with E-state index >= 15 is 0 Å². The maximum absolute atomic E-state index is 10.5. The monoisotopic (exact) mass is 258 g/mol. The Hall–Kier alpha value is -1.81. The zero-order valence-electron chi connectivity index (χ0n) is 11.2. The summed E-state index contributed by atoms with van der Waals surface area (Å²) in [6.07, 6.45) is 3.83. The van der Waals surface area contributed by atoms with E-state index in [0.717, 1.165) is 35.4 Å². The number of aromatic nitrogens is 2. The van der Waals surface area contributed by atoms with Crippen LogP contribution in [0.3, 0.4) is 0 Å². The van der Waals surface area contributed by atoms with E-state index in [-0.39, 0.29) is 0 Å². The number of aryl methyl sites for hydroxylation is 2. The van der Waals surface area contributed by atoms with Gasteiger partial charge in [-0.15, -0.1) is 0 Å². The molecule has 100 valence electrons. The third-order valence-electron chi connectivity index (χ3n) is 3.35. The van der Waals surface area contributed by atoms with Gasteiger partial charge in [-0.1, -0.05) is 12.1 Å². The van der Waals surface area contributed by atoms with Crippen molar-refractivity contribution in [2.75, 3.05) is 0 Å². The molecule has 2 aromatic rings. The summed E-state index contributed by atoms with van der Waals surface area (Å²) < 4.78 is 7.48. The predicted octanol–water partition coefficient (Wildman–Crippen LogP) is 2.35. The molecule has 1 saturated carbocycles. The van der Waals surface area contributed by atoms with Gasteiger partial charge in [-0.05, 0) is 37.5 Å². The Morgan fingerprint density at radius 3 is 2.84 bits per heavy atom. The lowest BCUT2D eigenvalue weighted by Crippen LogP contribution is -2.02. The summed E-state index contributed by atoms with van der Waals surface area (Å²) in [7, 11) is 1.86. The van der Waals surface area contributed by atoms with Crippen LogP contribution in [0.15, 0.2) is 30.5 Å². The van der Waals surface area contributed by atoms with Crippen molar-refractivity contribution in [1.29, 1.82) is 0 Å². The number of aliphatic hydroxyl groups is 1. The second-order valence-electron chi connectivity index (χ2n) is 5.14. The van der Waals surface area contributed by atoms with Crippen LogP contribution in [0.25, 0.3) is 0 Å². The van der Waals surface area contributed by atoms with E-state index in [1.165, 1.54) is 0 Å². The fraction of sp³-hybridized carbons (Fsp3) is 0.400. The smallest absolute Gasteiger partial charge is 0.120 e. The fourth-order valence-electron chi connectivity index (χ4n) is 2.20. The third kappa shape index (κ3) is 2.63. The second kappa shape index (κ2) is 4.70. The molecule has 0 saturated heterocycles. The lowest BCUT2D eigenvalue weighted by Gasteiger charge is -2.12. The highest BCUT2D eigenvalue weighted by Crippen LogP contribution is 2.30. The van der Waals surface area contributed by atoms with Crippen molar-refractivity contribution in [2.45, 2.75) is 32.0 Å². The van der Waals surface area contributed by atoms with E-state index in [0.29, 0.717) is 6.10 Å². The molecule has 0 spiro atoms. The third-order valence-corrected chi connectivity index (χ3v) is 3.35. The zero-order valence-corrected chi connectivity index (χ0v) is 11.2. The van der Waals surface area contributed by atoms with Crippen LogP contribution in [0.2, 0.25) is 0 Å². The fourth-order valence-corrected chi connectivity index (χ4v) is 2.20. The molecular weight excluding hydrogens is 240 g/mol. The number of benzene rings is 1. The molecule has 3 rings (SSSR count). The Balaban J connectivity index is 1.85. The van der Waals surface area contributed by atoms with Crippen LogP contribution in [-0.4, -0.2) is 21.0 Å². The highest BCUT2D eigenvalue weighted by atomic mass is 16.5. The van der Waals surface area contributed by atoms with Gasteiger partial charge in [0.25, 0.3) is 0 Å². The van der Waals surface area contributed by atoms with Crippen molar-refractivity contribution in [3.05, 3.63) is 47.3 Å². The number of hydrogen-bond acceptors (Lipinski definition) is 3. The number of nitrogens with zero attached hydrogens (tertiary/aromatic N) is 2. The Morgan fingerprint density at radius 2 is 2.21 bits per heavy atom. The van der Waals surface area contributed by atoms with Crippen molar-refractivity contribution >= 4 is 0 Å². The predicted molar refractivity (Wildman–Crippen MR) is 72.1 cm³/mol. The maximum atomic E-state index is 10.5. The zero-order chi connectivity index (χ0) is 13.4. The molecule has 1 aliphatic rings. The molecule has 1 unspecified atom stereocenters. The minimum Gasteiger partial charge on any atom is -0.490 e. The number of ether oxygens (including phenoxy) is 1. The first kappa shape index (κ1) is 12.2. The van der Waals surface area contributed by atoms with E-state index in [9.17, 15) is 5.11 Å². The average Bonchev–Trinajstić information content (AvgIpc) is 3.13. The molecule has 0 radical (unpaired) electrons. The normalized spacial score (nSPS) is 16.4. The highest BCUT2D eigenvalue weighted by molar-refractivity contribution is 5.36. The summed E-state index contributed by atoms with van der Waals surface area (Å²) in [6, 6.07) is 7.68. The largest absolute Gasteiger partial charge is 0.490 e. The summed E-state index contributed by atoms with van der Waals surface area (Å²) in [5.74, 6) is 0.834. The molecule has 0 bridgehead atoms. The molecule has 1 aliphatic carbocycles. The Bertz CT molecular complexity index is 588. The summed E-state index contributed by atoms with van der Waals surface area (Å²) >= 11 is 0. The van der Waals surface area contributed by atoms with Crippen LogP contribution < -0.4 is 4.74 Å². The molecule has 1 aromatic carbocycles. The van der Waals surface area contributed by atoms with E-state index < -0.39 is 6.10 Å². The lowest BCUT2D eigenvalue weighted by molar-refractivity contribution is 0.218. The molecule has 0 amide bonds. The molecule has 1 fully saturated rings. The molecule has 1 aromatic heterocycles. The SMILES string of the molecule is Cc1nn(C)cc1C(O)c1cccc(OC2CC2)c1. The minimum absolute atomic E-state index is 0.368. The summed E-state index contributed by atoms with van der Waals surface area (Å²) in [6.45, 7) is 1.91. The minimum atomic E-state index is -0.656. The van der Waals surface area contributed by atoms with Crippen molar-refractivity contribution in [3.8, 4) is 5.75 Å². The van der Waals surface area contributed by atoms with Gasteiger partial charge >= 0.3 is 0 Å². The van der Waals surface area contributed by atoms with Crippen LogP contribution in [0, 0.1) is 6.92 Å². The van der Waals surface area contributed by atoms with E-state index in [2.05, 4.69) is 5.10 Å². The molecule has 0 aliphatic heterocycles. The Kier molecular flexibility index (Phi) is 3.03. The first-order chi connectivity index (χ1) is 9.13. The second-order valence-corrected chi connectivity index (χ2v) is 5.14. The van der Waals surface area contributed by atoms with Crippen molar-refractivity contribution in [2.24, 2.45) is 7.05 Å². The molecule has 1 heterocycles. The Morgan fingerprint density at radius 1 is 1.42 bits per heavy atom. The van der Waals surface area contributed by atoms with Gasteiger partial charge in [0.15, 0.2) is 0 Å².